The van der Waals surface area contributed by atoms with Gasteiger partial charge >= 0.3 is 0 Å². The molecule has 0 unspecified atom stereocenters. The zero-order valence-corrected chi connectivity index (χ0v) is 16.5. The summed E-state index contributed by atoms with van der Waals surface area (Å²) in [5.41, 5.74) is 1.61. The lowest BCUT2D eigenvalue weighted by atomic mass is 10.1. The zero-order valence-electron chi connectivity index (χ0n) is 15.7. The maximum absolute atomic E-state index is 12.3. The molecule has 2 amide bonds. The number of carbonyl (C=O) groups excluding carboxylic acids is 2. The minimum absolute atomic E-state index is 0.0680. The van der Waals surface area contributed by atoms with Crippen molar-refractivity contribution in [3.8, 4) is 0 Å². The van der Waals surface area contributed by atoms with E-state index >= 15 is 0 Å². The molecule has 0 atom stereocenters. The molecule has 0 bridgehead atoms. The molecule has 0 radical (unpaired) electrons. The summed E-state index contributed by atoms with van der Waals surface area (Å²) < 4.78 is 31.4. The number of sulfonamides is 1. The minimum Gasteiger partial charge on any atom is -0.383 e. The molecule has 0 aliphatic rings. The summed E-state index contributed by atoms with van der Waals surface area (Å²) in [4.78, 5) is 24.0. The van der Waals surface area contributed by atoms with Gasteiger partial charge in [0.1, 0.15) is 0 Å². The number of carbonyl (C=O) groups is 2. The second-order valence-electron chi connectivity index (χ2n) is 5.88. The fraction of sp³-hybridized carbons (Fsp3) is 0.263. The normalized spacial score (nSPS) is 11.1. The van der Waals surface area contributed by atoms with Gasteiger partial charge in [-0.15, -0.1) is 0 Å². The van der Waals surface area contributed by atoms with E-state index in [1.165, 1.54) is 31.4 Å². The number of amides is 2. The van der Waals surface area contributed by atoms with Gasteiger partial charge in [-0.3, -0.25) is 9.59 Å². The molecule has 0 fully saturated rings. The third kappa shape index (κ3) is 5.88. The maximum Gasteiger partial charge on any atom is 0.251 e. The average molecular weight is 405 g/mol. The van der Waals surface area contributed by atoms with E-state index in [0.29, 0.717) is 11.1 Å². The number of benzene rings is 2. The van der Waals surface area contributed by atoms with E-state index < -0.39 is 10.0 Å². The summed E-state index contributed by atoms with van der Waals surface area (Å²) in [6.07, 6.45) is 0. The number of hydrogen-bond acceptors (Lipinski definition) is 5. The summed E-state index contributed by atoms with van der Waals surface area (Å²) in [5.74, 6) is -0.550. The number of methoxy groups -OCH3 is 1. The van der Waals surface area contributed by atoms with Crippen LogP contribution in [0.2, 0.25) is 0 Å². The first-order valence-electron chi connectivity index (χ1n) is 8.55. The van der Waals surface area contributed by atoms with Crippen molar-refractivity contribution in [2.24, 2.45) is 0 Å². The van der Waals surface area contributed by atoms with Crippen LogP contribution in [0.4, 0.5) is 0 Å². The number of nitrogens with one attached hydrogen (secondary N) is 3. The standard InChI is InChI=1S/C19H23N3O5S/c1-20-18(23)16-5-3-4-14(12-16)13-21-19(24)15-6-8-17(9-7-15)28(25,26)22-10-11-27-2/h3-9,12,22H,10-11,13H2,1-2H3,(H,20,23)(H,21,24). The molecule has 0 aromatic heterocycles. The van der Waals surface area contributed by atoms with Crippen molar-refractivity contribution in [1.29, 1.82) is 0 Å². The largest absolute Gasteiger partial charge is 0.383 e. The Balaban J connectivity index is 1.99. The Morgan fingerprint density at radius 1 is 1.00 bits per heavy atom. The predicted octanol–water partition coefficient (Wildman–Crippen LogP) is 0.901. The molecule has 0 saturated carbocycles. The van der Waals surface area contributed by atoms with Crippen molar-refractivity contribution in [1.82, 2.24) is 15.4 Å². The molecule has 8 nitrogen and oxygen atoms in total. The molecule has 2 aromatic rings. The molecule has 28 heavy (non-hydrogen) atoms. The lowest BCUT2D eigenvalue weighted by molar-refractivity contribution is 0.0948. The van der Waals surface area contributed by atoms with E-state index in [-0.39, 0.29) is 36.4 Å². The van der Waals surface area contributed by atoms with Crippen LogP contribution in [0.3, 0.4) is 0 Å². The smallest absolute Gasteiger partial charge is 0.251 e. The highest BCUT2D eigenvalue weighted by atomic mass is 32.2. The summed E-state index contributed by atoms with van der Waals surface area (Å²) in [6, 6.07) is 12.6. The van der Waals surface area contributed by atoms with Crippen LogP contribution in [-0.4, -0.2) is 47.5 Å². The first-order valence-corrected chi connectivity index (χ1v) is 10.0. The Morgan fingerprint density at radius 2 is 1.71 bits per heavy atom. The van der Waals surface area contributed by atoms with Gasteiger partial charge in [-0.2, -0.15) is 0 Å². The lowest BCUT2D eigenvalue weighted by Crippen LogP contribution is -2.27. The van der Waals surface area contributed by atoms with Crippen molar-refractivity contribution in [3.05, 3.63) is 65.2 Å². The molecule has 0 heterocycles. The van der Waals surface area contributed by atoms with Crippen LogP contribution < -0.4 is 15.4 Å². The molecular weight excluding hydrogens is 382 g/mol. The van der Waals surface area contributed by atoms with Gasteiger partial charge < -0.3 is 15.4 Å². The van der Waals surface area contributed by atoms with E-state index in [1.807, 2.05) is 0 Å². The molecule has 0 aliphatic carbocycles. The van der Waals surface area contributed by atoms with E-state index in [9.17, 15) is 18.0 Å². The SMILES string of the molecule is CNC(=O)c1cccc(CNC(=O)c2ccc(S(=O)(=O)NCCOC)cc2)c1. The summed E-state index contributed by atoms with van der Waals surface area (Å²) in [7, 11) is -0.613. The Hall–Kier alpha value is -2.75. The van der Waals surface area contributed by atoms with Gasteiger partial charge in [0, 0.05) is 38.4 Å². The highest BCUT2D eigenvalue weighted by Gasteiger charge is 2.14. The molecule has 3 N–H and O–H groups in total. The maximum atomic E-state index is 12.3. The fourth-order valence-electron chi connectivity index (χ4n) is 2.40. The van der Waals surface area contributed by atoms with Gasteiger partial charge in [0.05, 0.1) is 11.5 Å². The van der Waals surface area contributed by atoms with Gasteiger partial charge in [-0.05, 0) is 42.0 Å². The van der Waals surface area contributed by atoms with Gasteiger partial charge in [-0.25, -0.2) is 13.1 Å². The van der Waals surface area contributed by atoms with Gasteiger partial charge in [0.2, 0.25) is 10.0 Å². The average Bonchev–Trinajstić information content (AvgIpc) is 2.71. The van der Waals surface area contributed by atoms with E-state index in [2.05, 4.69) is 15.4 Å². The van der Waals surface area contributed by atoms with Crippen LogP contribution in [0, 0.1) is 0 Å². The van der Waals surface area contributed by atoms with Crippen molar-refractivity contribution < 1.29 is 22.7 Å². The molecule has 2 rings (SSSR count). The van der Waals surface area contributed by atoms with Crippen molar-refractivity contribution >= 4 is 21.8 Å². The third-order valence-electron chi connectivity index (χ3n) is 3.89. The molecular formula is C19H23N3O5S. The van der Waals surface area contributed by atoms with E-state index in [1.54, 1.807) is 31.3 Å². The van der Waals surface area contributed by atoms with Crippen molar-refractivity contribution in [2.45, 2.75) is 11.4 Å². The fourth-order valence-corrected chi connectivity index (χ4v) is 3.41. The monoisotopic (exact) mass is 405 g/mol. The zero-order chi connectivity index (χ0) is 20.6. The van der Waals surface area contributed by atoms with Crippen LogP contribution in [0.1, 0.15) is 26.3 Å². The van der Waals surface area contributed by atoms with Gasteiger partial charge in [-0.1, -0.05) is 12.1 Å². The quantitative estimate of drug-likeness (QED) is 0.537. The molecule has 150 valence electrons. The summed E-state index contributed by atoms with van der Waals surface area (Å²) >= 11 is 0. The summed E-state index contributed by atoms with van der Waals surface area (Å²) in [5, 5.41) is 5.29. The third-order valence-corrected chi connectivity index (χ3v) is 5.37. The van der Waals surface area contributed by atoms with Gasteiger partial charge in [0.15, 0.2) is 0 Å². The number of hydrogen-bond donors (Lipinski definition) is 3. The first-order chi connectivity index (χ1) is 13.4. The first kappa shape index (κ1) is 21.5. The Morgan fingerprint density at radius 3 is 2.36 bits per heavy atom. The van der Waals surface area contributed by atoms with Crippen LogP contribution in [-0.2, 0) is 21.3 Å². The van der Waals surface area contributed by atoms with Gasteiger partial charge in [0.25, 0.3) is 11.8 Å². The topological polar surface area (TPSA) is 114 Å². The minimum atomic E-state index is -3.65. The van der Waals surface area contributed by atoms with Crippen LogP contribution >= 0.6 is 0 Å². The Labute approximate surface area is 164 Å². The van der Waals surface area contributed by atoms with Crippen LogP contribution in [0.15, 0.2) is 53.4 Å². The van der Waals surface area contributed by atoms with E-state index in [4.69, 9.17) is 4.74 Å². The molecule has 2 aromatic carbocycles. The lowest BCUT2D eigenvalue weighted by Gasteiger charge is -2.09. The van der Waals surface area contributed by atoms with E-state index in [0.717, 1.165) is 5.56 Å². The second-order valence-corrected chi connectivity index (χ2v) is 7.64. The number of ether oxygens (including phenoxy) is 1. The van der Waals surface area contributed by atoms with Crippen LogP contribution in [0.5, 0.6) is 0 Å². The number of rotatable bonds is 9. The van der Waals surface area contributed by atoms with Crippen molar-refractivity contribution in [2.75, 3.05) is 27.3 Å². The Bertz CT molecular complexity index is 927. The highest BCUT2D eigenvalue weighted by Crippen LogP contribution is 2.11. The van der Waals surface area contributed by atoms with Crippen molar-refractivity contribution in [3.63, 3.8) is 0 Å². The summed E-state index contributed by atoms with van der Waals surface area (Å²) in [6.45, 7) is 0.666. The molecule has 9 heteroatoms. The molecule has 0 saturated heterocycles. The molecule has 0 spiro atoms. The second kappa shape index (κ2) is 9.98. The molecule has 0 aliphatic heterocycles. The predicted molar refractivity (Wildman–Crippen MR) is 105 cm³/mol. The highest BCUT2D eigenvalue weighted by molar-refractivity contribution is 7.89. The Kier molecular flexibility index (Phi) is 7.68. The van der Waals surface area contributed by atoms with Crippen LogP contribution in [0.25, 0.3) is 0 Å².